The highest BCUT2D eigenvalue weighted by atomic mass is 32.1. The van der Waals surface area contributed by atoms with Crippen molar-refractivity contribution in [2.45, 2.75) is 19.9 Å². The van der Waals surface area contributed by atoms with Crippen molar-refractivity contribution in [3.8, 4) is 0 Å². The fourth-order valence-electron chi connectivity index (χ4n) is 2.36. The highest BCUT2D eigenvalue weighted by Gasteiger charge is 2.27. The summed E-state index contributed by atoms with van der Waals surface area (Å²) in [7, 11) is 2.49. The van der Waals surface area contributed by atoms with Crippen LogP contribution in [-0.2, 0) is 14.3 Å². The summed E-state index contributed by atoms with van der Waals surface area (Å²) in [5, 5.41) is 4.74. The molecule has 2 aromatic heterocycles. The molecule has 0 aliphatic carbocycles. The maximum Gasteiger partial charge on any atom is 0.348 e. The molecule has 9 heteroatoms. The Bertz CT molecular complexity index is 797. The molecule has 3 N–H and O–H groups in total. The molecular weight excluding hydrogens is 360 g/mol. The summed E-state index contributed by atoms with van der Waals surface area (Å²) in [5.41, 5.74) is 0.572. The van der Waals surface area contributed by atoms with Gasteiger partial charge in [-0.2, -0.15) is 0 Å². The molecule has 140 valence electrons. The summed E-state index contributed by atoms with van der Waals surface area (Å²) < 4.78 is 14.8. The summed E-state index contributed by atoms with van der Waals surface area (Å²) >= 11 is 0.983. The quantitative estimate of drug-likeness (QED) is 0.703. The third kappa shape index (κ3) is 4.30. The Morgan fingerprint density at radius 3 is 2.54 bits per heavy atom. The molecule has 26 heavy (non-hydrogen) atoms. The zero-order chi connectivity index (χ0) is 19.3. The van der Waals surface area contributed by atoms with Crippen molar-refractivity contribution in [2.75, 3.05) is 26.1 Å². The van der Waals surface area contributed by atoms with Gasteiger partial charge in [-0.3, -0.25) is 4.79 Å². The van der Waals surface area contributed by atoms with Gasteiger partial charge in [-0.05, 0) is 31.5 Å². The lowest BCUT2D eigenvalue weighted by molar-refractivity contribution is -0.684. The number of rotatable bonds is 7. The highest BCUT2D eigenvalue weighted by Crippen LogP contribution is 2.34. The van der Waals surface area contributed by atoms with Crippen LogP contribution >= 0.6 is 11.3 Å². The number of carbonyl (C=O) groups is 3. The first kappa shape index (κ1) is 19.7. The number of methoxy groups -OCH3 is 2. The van der Waals surface area contributed by atoms with E-state index in [0.29, 0.717) is 5.56 Å². The van der Waals surface area contributed by atoms with E-state index in [4.69, 9.17) is 13.9 Å². The van der Waals surface area contributed by atoms with Gasteiger partial charge in [0.1, 0.15) is 15.9 Å². The second-order valence-corrected chi connectivity index (χ2v) is 6.56. The van der Waals surface area contributed by atoms with E-state index in [1.807, 2.05) is 13.0 Å². The minimum Gasteiger partial charge on any atom is -0.465 e. The van der Waals surface area contributed by atoms with E-state index < -0.39 is 11.9 Å². The van der Waals surface area contributed by atoms with E-state index in [2.05, 4.69) is 5.32 Å². The molecule has 0 aromatic carbocycles. The van der Waals surface area contributed by atoms with Crippen LogP contribution in [0.2, 0.25) is 0 Å². The second-order valence-electron chi connectivity index (χ2n) is 5.54. The highest BCUT2D eigenvalue weighted by molar-refractivity contribution is 7.18. The van der Waals surface area contributed by atoms with Crippen molar-refractivity contribution in [1.29, 1.82) is 0 Å². The van der Waals surface area contributed by atoms with Crippen LogP contribution in [0.4, 0.5) is 5.00 Å². The number of amides is 1. The predicted octanol–water partition coefficient (Wildman–Crippen LogP) is 1.49. The molecule has 0 aliphatic rings. The van der Waals surface area contributed by atoms with Gasteiger partial charge in [-0.1, -0.05) is 0 Å². The molecule has 1 atom stereocenters. The average Bonchev–Trinajstić information content (AvgIpc) is 3.27. The van der Waals surface area contributed by atoms with Gasteiger partial charge in [0.25, 0.3) is 5.91 Å². The van der Waals surface area contributed by atoms with Gasteiger partial charge < -0.3 is 24.5 Å². The first-order chi connectivity index (χ1) is 12.4. The molecule has 2 aromatic rings. The zero-order valence-corrected chi connectivity index (χ0v) is 15.8. The molecule has 2 heterocycles. The molecule has 0 aliphatic heterocycles. The molecule has 0 radical (unpaired) electrons. The van der Waals surface area contributed by atoms with Crippen LogP contribution in [0.15, 0.2) is 22.8 Å². The van der Waals surface area contributed by atoms with Crippen LogP contribution in [0.25, 0.3) is 0 Å². The Labute approximate surface area is 154 Å². The standard InChI is InChI=1S/C17H20N2O6S/c1-9-13(16(21)23-3)15(26-14(9)17(22)24-4)19-12(20)8-18-10(2)11-6-5-7-25-11/h5-7,10,18H,8H2,1-4H3,(H,19,20)/p+1/t10-/m1/s1. The van der Waals surface area contributed by atoms with Crippen molar-refractivity contribution in [3.05, 3.63) is 40.2 Å². The second kappa shape index (κ2) is 8.63. The number of furan rings is 1. The lowest BCUT2D eigenvalue weighted by Crippen LogP contribution is -2.86. The van der Waals surface area contributed by atoms with Gasteiger partial charge in [-0.25, -0.2) is 9.59 Å². The molecule has 0 spiro atoms. The van der Waals surface area contributed by atoms with Gasteiger partial charge >= 0.3 is 11.9 Å². The molecule has 0 unspecified atom stereocenters. The number of esters is 2. The third-order valence-electron chi connectivity index (χ3n) is 3.81. The Morgan fingerprint density at radius 2 is 1.96 bits per heavy atom. The minimum atomic E-state index is -0.628. The number of quaternary nitrogens is 1. The van der Waals surface area contributed by atoms with Gasteiger partial charge in [0.15, 0.2) is 12.3 Å². The predicted molar refractivity (Wildman–Crippen MR) is 94.3 cm³/mol. The lowest BCUT2D eigenvalue weighted by Gasteiger charge is -2.09. The third-order valence-corrected chi connectivity index (χ3v) is 5.00. The number of hydrogen-bond acceptors (Lipinski definition) is 7. The molecule has 8 nitrogen and oxygen atoms in total. The Kier molecular flexibility index (Phi) is 6.53. The number of thiophene rings is 1. The number of hydrogen-bond donors (Lipinski definition) is 2. The van der Waals surface area contributed by atoms with Gasteiger partial charge in [0.2, 0.25) is 0 Å². The number of anilines is 1. The summed E-state index contributed by atoms with van der Waals surface area (Å²) in [5.74, 6) is -0.757. The monoisotopic (exact) mass is 381 g/mol. The molecule has 0 bridgehead atoms. The minimum absolute atomic E-state index is 0.0356. The zero-order valence-electron chi connectivity index (χ0n) is 15.0. The number of ether oxygens (including phenoxy) is 2. The van der Waals surface area contributed by atoms with Crippen LogP contribution in [0.5, 0.6) is 0 Å². The van der Waals surface area contributed by atoms with Crippen molar-refractivity contribution in [3.63, 3.8) is 0 Å². The smallest absolute Gasteiger partial charge is 0.348 e. The van der Waals surface area contributed by atoms with Gasteiger partial charge in [0.05, 0.1) is 26.0 Å². The van der Waals surface area contributed by atoms with Crippen LogP contribution in [0.1, 0.15) is 44.3 Å². The Balaban J connectivity index is 2.13. The number of carbonyl (C=O) groups excluding carboxylic acids is 3. The fraction of sp³-hybridized carbons (Fsp3) is 0.353. The van der Waals surface area contributed by atoms with Crippen LogP contribution < -0.4 is 10.6 Å². The van der Waals surface area contributed by atoms with Crippen molar-refractivity contribution < 1.29 is 33.6 Å². The summed E-state index contributed by atoms with van der Waals surface area (Å²) in [6.45, 7) is 3.64. The summed E-state index contributed by atoms with van der Waals surface area (Å²) in [6, 6.07) is 3.58. The normalized spacial score (nSPS) is 11.7. The first-order valence-electron chi connectivity index (χ1n) is 7.85. The van der Waals surface area contributed by atoms with E-state index in [-0.39, 0.29) is 33.9 Å². The van der Waals surface area contributed by atoms with Crippen molar-refractivity contribution in [2.24, 2.45) is 0 Å². The van der Waals surface area contributed by atoms with Crippen LogP contribution in [0.3, 0.4) is 0 Å². The maximum absolute atomic E-state index is 12.3. The number of nitrogens with two attached hydrogens (primary N) is 1. The fourth-order valence-corrected chi connectivity index (χ4v) is 3.49. The summed E-state index contributed by atoms with van der Waals surface area (Å²) in [6.07, 6.45) is 1.57. The van der Waals surface area contributed by atoms with E-state index in [9.17, 15) is 14.4 Å². The Hall–Kier alpha value is -2.65. The first-order valence-corrected chi connectivity index (χ1v) is 8.67. The van der Waals surface area contributed by atoms with Gasteiger partial charge in [0, 0.05) is 0 Å². The van der Waals surface area contributed by atoms with Gasteiger partial charge in [-0.15, -0.1) is 11.3 Å². The van der Waals surface area contributed by atoms with Crippen molar-refractivity contribution >= 4 is 34.2 Å². The molecular formula is C17H21N2O6S+. The van der Waals surface area contributed by atoms with Crippen LogP contribution in [0, 0.1) is 6.92 Å². The van der Waals surface area contributed by atoms with E-state index in [0.717, 1.165) is 17.1 Å². The van der Waals surface area contributed by atoms with Crippen LogP contribution in [-0.4, -0.2) is 38.6 Å². The molecule has 1 amide bonds. The maximum atomic E-state index is 12.3. The molecule has 2 rings (SSSR count). The van der Waals surface area contributed by atoms with E-state index in [1.165, 1.54) is 14.2 Å². The SMILES string of the molecule is COC(=O)c1sc(NC(=O)C[NH2+][C@H](C)c2ccco2)c(C(=O)OC)c1C. The summed E-state index contributed by atoms with van der Waals surface area (Å²) in [4.78, 5) is 36.4. The molecule has 0 saturated carbocycles. The average molecular weight is 381 g/mol. The topological polar surface area (TPSA) is 111 Å². The Morgan fingerprint density at radius 1 is 1.27 bits per heavy atom. The largest absolute Gasteiger partial charge is 0.465 e. The number of nitrogens with one attached hydrogen (secondary N) is 1. The van der Waals surface area contributed by atoms with E-state index in [1.54, 1.807) is 24.6 Å². The molecule has 0 saturated heterocycles. The molecule has 0 fully saturated rings. The van der Waals surface area contributed by atoms with E-state index >= 15 is 0 Å². The van der Waals surface area contributed by atoms with Crippen molar-refractivity contribution in [1.82, 2.24) is 0 Å². The lowest BCUT2D eigenvalue weighted by atomic mass is 10.1.